The molecule has 3 aromatic heterocycles. The van der Waals surface area contributed by atoms with E-state index in [2.05, 4.69) is 12.0 Å². The lowest BCUT2D eigenvalue weighted by atomic mass is 10.1. The Kier molecular flexibility index (Phi) is 4.14. The Morgan fingerprint density at radius 2 is 2.12 bits per heavy atom. The average molecular weight is 373 g/mol. The van der Waals surface area contributed by atoms with Crippen molar-refractivity contribution in [3.63, 3.8) is 0 Å². The quantitative estimate of drug-likeness (QED) is 0.698. The molecule has 1 fully saturated rings. The van der Waals surface area contributed by atoms with Crippen molar-refractivity contribution in [2.24, 2.45) is 0 Å². The molecule has 0 saturated carbocycles. The molecule has 26 heavy (non-hydrogen) atoms. The first-order chi connectivity index (χ1) is 12.4. The van der Waals surface area contributed by atoms with E-state index in [1.54, 1.807) is 0 Å². The van der Waals surface area contributed by atoms with Crippen LogP contribution in [0.5, 0.6) is 0 Å². The molecule has 1 unspecified atom stereocenters. The fourth-order valence-electron chi connectivity index (χ4n) is 3.77. The first kappa shape index (κ1) is 17.3. The van der Waals surface area contributed by atoms with E-state index in [1.165, 1.54) is 0 Å². The van der Waals surface area contributed by atoms with Crippen molar-refractivity contribution in [3.8, 4) is 11.5 Å². The Labute approximate surface area is 153 Å². The second-order valence-corrected chi connectivity index (χ2v) is 9.35. The molecule has 0 aliphatic carbocycles. The van der Waals surface area contributed by atoms with Crippen molar-refractivity contribution in [3.05, 3.63) is 35.2 Å². The van der Waals surface area contributed by atoms with Crippen LogP contribution < -0.4 is 0 Å². The number of hydrogen-bond donors (Lipinski definition) is 0. The predicted octanol–water partition coefficient (Wildman–Crippen LogP) is 3.62. The third-order valence-corrected chi connectivity index (χ3v) is 6.75. The smallest absolute Gasteiger partial charge is 0.159 e. The van der Waals surface area contributed by atoms with Gasteiger partial charge in [-0.1, -0.05) is 6.92 Å². The van der Waals surface area contributed by atoms with Gasteiger partial charge < -0.3 is 4.42 Å². The van der Waals surface area contributed by atoms with Crippen molar-refractivity contribution in [2.75, 3.05) is 11.5 Å². The lowest BCUT2D eigenvalue weighted by molar-refractivity contribution is 0.507. The summed E-state index contributed by atoms with van der Waals surface area (Å²) in [4.78, 5) is 4.80. The van der Waals surface area contributed by atoms with Gasteiger partial charge in [0.1, 0.15) is 11.5 Å². The lowest BCUT2D eigenvalue weighted by Gasteiger charge is -2.10. The molecule has 1 saturated heterocycles. The van der Waals surface area contributed by atoms with Crippen LogP contribution in [0.1, 0.15) is 42.8 Å². The van der Waals surface area contributed by atoms with Gasteiger partial charge in [0.25, 0.3) is 0 Å². The van der Waals surface area contributed by atoms with E-state index in [1.807, 2.05) is 36.7 Å². The zero-order valence-corrected chi connectivity index (χ0v) is 16.1. The summed E-state index contributed by atoms with van der Waals surface area (Å²) in [5.74, 6) is 2.04. The highest BCUT2D eigenvalue weighted by molar-refractivity contribution is 7.91. The maximum Gasteiger partial charge on any atom is 0.159 e. The summed E-state index contributed by atoms with van der Waals surface area (Å²) in [6, 6.07) is 5.81. The van der Waals surface area contributed by atoms with Crippen molar-refractivity contribution in [1.29, 1.82) is 0 Å². The summed E-state index contributed by atoms with van der Waals surface area (Å²) >= 11 is 0. The standard InChI is InChI=1S/C19H23N3O3S/c1-4-5-15-6-7-17(25-15)16-10-12(2)18-13(3)21-22(19(18)20-16)14-8-9-26(23,24)11-14/h6-7,10,14H,4-5,8-9,11H2,1-3H3. The minimum absolute atomic E-state index is 0.134. The van der Waals surface area contributed by atoms with Crippen LogP contribution in [-0.4, -0.2) is 34.7 Å². The van der Waals surface area contributed by atoms with Gasteiger partial charge in [0.15, 0.2) is 21.2 Å². The molecule has 4 rings (SSSR count). The molecule has 6 nitrogen and oxygen atoms in total. The number of fused-ring (bicyclic) bond motifs is 1. The molecule has 0 aromatic carbocycles. The minimum atomic E-state index is -2.99. The topological polar surface area (TPSA) is 78.0 Å². The number of hydrogen-bond acceptors (Lipinski definition) is 5. The number of rotatable bonds is 4. The molecule has 1 atom stereocenters. The molecular formula is C19H23N3O3S. The SMILES string of the molecule is CCCc1ccc(-c2cc(C)c3c(C)nn(C4CCS(=O)(=O)C4)c3n2)o1. The highest BCUT2D eigenvalue weighted by atomic mass is 32.2. The number of nitrogens with zero attached hydrogens (tertiary/aromatic N) is 3. The molecule has 3 aromatic rings. The van der Waals surface area contributed by atoms with Gasteiger partial charge in [-0.15, -0.1) is 0 Å². The van der Waals surface area contributed by atoms with E-state index in [0.717, 1.165) is 52.3 Å². The summed E-state index contributed by atoms with van der Waals surface area (Å²) in [6.07, 6.45) is 2.52. The monoisotopic (exact) mass is 373 g/mol. The van der Waals surface area contributed by atoms with Crippen LogP contribution in [0.25, 0.3) is 22.5 Å². The highest BCUT2D eigenvalue weighted by Crippen LogP contribution is 2.32. The number of aryl methyl sites for hydroxylation is 3. The number of furan rings is 1. The Morgan fingerprint density at radius 3 is 2.81 bits per heavy atom. The summed E-state index contributed by atoms with van der Waals surface area (Å²) in [5, 5.41) is 5.63. The van der Waals surface area contributed by atoms with Gasteiger partial charge in [-0.25, -0.2) is 18.1 Å². The molecule has 1 aliphatic rings. The zero-order chi connectivity index (χ0) is 18.5. The van der Waals surface area contributed by atoms with Crippen LogP contribution in [0.2, 0.25) is 0 Å². The van der Waals surface area contributed by atoms with Gasteiger partial charge >= 0.3 is 0 Å². The van der Waals surface area contributed by atoms with Gasteiger partial charge in [-0.05, 0) is 50.5 Å². The normalized spacial score (nSPS) is 19.4. The summed E-state index contributed by atoms with van der Waals surface area (Å²) < 4.78 is 31.5. The predicted molar refractivity (Wildman–Crippen MR) is 101 cm³/mol. The number of aromatic nitrogens is 3. The van der Waals surface area contributed by atoms with Crippen LogP contribution in [-0.2, 0) is 16.3 Å². The van der Waals surface area contributed by atoms with E-state index >= 15 is 0 Å². The molecular weight excluding hydrogens is 350 g/mol. The van der Waals surface area contributed by atoms with Crippen molar-refractivity contribution >= 4 is 20.9 Å². The van der Waals surface area contributed by atoms with Crippen LogP contribution in [0.4, 0.5) is 0 Å². The average Bonchev–Trinajstić information content (AvgIpc) is 3.26. The second kappa shape index (κ2) is 6.23. The third-order valence-electron chi connectivity index (χ3n) is 5.00. The minimum Gasteiger partial charge on any atom is -0.459 e. The fourth-order valence-corrected chi connectivity index (χ4v) is 5.47. The van der Waals surface area contributed by atoms with Crippen molar-refractivity contribution in [1.82, 2.24) is 14.8 Å². The molecule has 0 radical (unpaired) electrons. The molecule has 138 valence electrons. The second-order valence-electron chi connectivity index (χ2n) is 7.13. The van der Waals surface area contributed by atoms with Crippen LogP contribution in [0, 0.1) is 13.8 Å². The van der Waals surface area contributed by atoms with Gasteiger partial charge in [-0.2, -0.15) is 5.10 Å². The van der Waals surface area contributed by atoms with E-state index in [0.29, 0.717) is 6.42 Å². The molecule has 1 aliphatic heterocycles. The molecule has 0 amide bonds. The largest absolute Gasteiger partial charge is 0.459 e. The van der Waals surface area contributed by atoms with Crippen molar-refractivity contribution in [2.45, 2.75) is 46.1 Å². The van der Waals surface area contributed by atoms with E-state index < -0.39 is 9.84 Å². The number of sulfone groups is 1. The van der Waals surface area contributed by atoms with Crippen molar-refractivity contribution < 1.29 is 12.8 Å². The Balaban J connectivity index is 1.83. The summed E-state index contributed by atoms with van der Waals surface area (Å²) in [6.45, 7) is 6.10. The maximum atomic E-state index is 11.9. The molecule has 4 heterocycles. The van der Waals surface area contributed by atoms with E-state index in [-0.39, 0.29) is 17.5 Å². The van der Waals surface area contributed by atoms with Crippen LogP contribution in [0.3, 0.4) is 0 Å². The van der Waals surface area contributed by atoms with Gasteiger partial charge in [0.2, 0.25) is 0 Å². The first-order valence-corrected chi connectivity index (χ1v) is 10.9. The van der Waals surface area contributed by atoms with Crippen LogP contribution in [0.15, 0.2) is 22.6 Å². The maximum absolute atomic E-state index is 11.9. The highest BCUT2D eigenvalue weighted by Gasteiger charge is 2.31. The van der Waals surface area contributed by atoms with Gasteiger partial charge in [0, 0.05) is 11.8 Å². The Morgan fingerprint density at radius 1 is 1.31 bits per heavy atom. The van der Waals surface area contributed by atoms with Crippen LogP contribution >= 0.6 is 0 Å². The lowest BCUT2D eigenvalue weighted by Crippen LogP contribution is -2.13. The summed E-state index contributed by atoms with van der Waals surface area (Å²) in [5.41, 5.74) is 3.46. The fraction of sp³-hybridized carbons (Fsp3) is 0.474. The number of pyridine rings is 1. The molecule has 7 heteroatoms. The molecule has 0 spiro atoms. The molecule has 0 bridgehead atoms. The van der Waals surface area contributed by atoms with E-state index in [9.17, 15) is 8.42 Å². The zero-order valence-electron chi connectivity index (χ0n) is 15.3. The molecule has 0 N–H and O–H groups in total. The third kappa shape index (κ3) is 2.94. The Bertz CT molecular complexity index is 1080. The Hall–Kier alpha value is -2.15. The van der Waals surface area contributed by atoms with E-state index in [4.69, 9.17) is 9.40 Å². The summed E-state index contributed by atoms with van der Waals surface area (Å²) in [7, 11) is -2.99. The first-order valence-electron chi connectivity index (χ1n) is 9.04. The van der Waals surface area contributed by atoms with Gasteiger partial charge in [-0.3, -0.25) is 0 Å². The van der Waals surface area contributed by atoms with Gasteiger partial charge in [0.05, 0.1) is 23.2 Å².